The van der Waals surface area contributed by atoms with E-state index in [1.807, 2.05) is 6.92 Å². The van der Waals surface area contributed by atoms with Crippen LogP contribution in [0.1, 0.15) is 11.1 Å². The lowest BCUT2D eigenvalue weighted by Gasteiger charge is -2.11. The first-order valence-electron chi connectivity index (χ1n) is 5.85. The van der Waals surface area contributed by atoms with Gasteiger partial charge in [0.25, 0.3) is 10.0 Å². The van der Waals surface area contributed by atoms with Crippen LogP contribution in [0.2, 0.25) is 10.0 Å². The highest BCUT2D eigenvalue weighted by Gasteiger charge is 2.16. The smallest absolute Gasteiger partial charge is 0.261 e. The molecular formula is C14H13Cl2NO2S. The van der Waals surface area contributed by atoms with E-state index in [1.54, 1.807) is 37.3 Å². The molecule has 0 amide bonds. The molecule has 0 saturated carbocycles. The highest BCUT2D eigenvalue weighted by Crippen LogP contribution is 2.30. The molecule has 3 nitrogen and oxygen atoms in total. The maximum absolute atomic E-state index is 12.3. The van der Waals surface area contributed by atoms with Gasteiger partial charge in [-0.15, -0.1) is 0 Å². The molecule has 0 unspecified atom stereocenters. The standard InChI is InChI=1S/C14H13Cl2NO2S/c1-9-3-5-11(6-4-9)20(18,19)17-14-7-10(2)12(15)8-13(14)16/h3-8,17H,1-2H3. The maximum atomic E-state index is 12.3. The van der Waals surface area contributed by atoms with Crippen LogP contribution in [0.15, 0.2) is 41.3 Å². The normalized spacial score (nSPS) is 11.4. The molecule has 0 saturated heterocycles. The third-order valence-corrected chi connectivity index (χ3v) is 4.93. The molecule has 0 aliphatic carbocycles. The molecule has 0 atom stereocenters. The fourth-order valence-electron chi connectivity index (χ4n) is 1.66. The molecule has 0 fully saturated rings. The van der Waals surface area contributed by atoms with Crippen molar-refractivity contribution < 1.29 is 8.42 Å². The number of sulfonamides is 1. The van der Waals surface area contributed by atoms with Crippen LogP contribution in [-0.4, -0.2) is 8.42 Å². The minimum atomic E-state index is -3.66. The first kappa shape index (κ1) is 15.2. The molecule has 2 aromatic rings. The zero-order chi connectivity index (χ0) is 14.9. The van der Waals surface area contributed by atoms with Crippen molar-refractivity contribution in [2.24, 2.45) is 0 Å². The summed E-state index contributed by atoms with van der Waals surface area (Å²) in [5.74, 6) is 0. The second kappa shape index (κ2) is 5.64. The maximum Gasteiger partial charge on any atom is 0.261 e. The monoisotopic (exact) mass is 329 g/mol. The van der Waals surface area contributed by atoms with Crippen molar-refractivity contribution >= 4 is 38.9 Å². The summed E-state index contributed by atoms with van der Waals surface area (Å²) in [5, 5.41) is 0.754. The van der Waals surface area contributed by atoms with E-state index in [1.165, 1.54) is 6.07 Å². The van der Waals surface area contributed by atoms with Gasteiger partial charge >= 0.3 is 0 Å². The molecule has 20 heavy (non-hydrogen) atoms. The van der Waals surface area contributed by atoms with Crippen LogP contribution in [0.5, 0.6) is 0 Å². The summed E-state index contributed by atoms with van der Waals surface area (Å²) < 4.78 is 27.0. The number of hydrogen-bond acceptors (Lipinski definition) is 2. The van der Waals surface area contributed by atoms with Crippen LogP contribution in [0.25, 0.3) is 0 Å². The van der Waals surface area contributed by atoms with Gasteiger partial charge in [-0.3, -0.25) is 4.72 Å². The second-order valence-corrected chi connectivity index (χ2v) is 7.00. The fraction of sp³-hybridized carbons (Fsp3) is 0.143. The minimum Gasteiger partial charge on any atom is -0.278 e. The summed E-state index contributed by atoms with van der Waals surface area (Å²) in [4.78, 5) is 0.187. The Kier molecular flexibility index (Phi) is 4.28. The van der Waals surface area contributed by atoms with Gasteiger partial charge in [-0.25, -0.2) is 8.42 Å². The zero-order valence-electron chi connectivity index (χ0n) is 10.9. The van der Waals surface area contributed by atoms with Gasteiger partial charge in [0.2, 0.25) is 0 Å². The van der Waals surface area contributed by atoms with Crippen LogP contribution in [0.4, 0.5) is 5.69 Å². The highest BCUT2D eigenvalue weighted by atomic mass is 35.5. The van der Waals surface area contributed by atoms with E-state index in [0.29, 0.717) is 10.7 Å². The van der Waals surface area contributed by atoms with Gasteiger partial charge in [0, 0.05) is 5.02 Å². The van der Waals surface area contributed by atoms with Crippen LogP contribution in [-0.2, 0) is 10.0 Å². The van der Waals surface area contributed by atoms with Crippen molar-refractivity contribution in [1.82, 2.24) is 0 Å². The van der Waals surface area contributed by atoms with Gasteiger partial charge in [0.1, 0.15) is 0 Å². The molecule has 0 heterocycles. The molecule has 0 aliphatic heterocycles. The molecule has 6 heteroatoms. The van der Waals surface area contributed by atoms with E-state index in [9.17, 15) is 8.42 Å². The predicted molar refractivity (Wildman–Crippen MR) is 83.2 cm³/mol. The highest BCUT2D eigenvalue weighted by molar-refractivity contribution is 7.92. The third kappa shape index (κ3) is 3.26. The SMILES string of the molecule is Cc1ccc(S(=O)(=O)Nc2cc(C)c(Cl)cc2Cl)cc1. The van der Waals surface area contributed by atoms with E-state index < -0.39 is 10.0 Å². The number of aryl methyl sites for hydroxylation is 2. The lowest BCUT2D eigenvalue weighted by Crippen LogP contribution is -2.13. The average Bonchev–Trinajstić information content (AvgIpc) is 2.36. The molecule has 0 aliphatic rings. The van der Waals surface area contributed by atoms with E-state index in [0.717, 1.165) is 11.1 Å². The number of anilines is 1. The Labute approximate surface area is 128 Å². The average molecular weight is 330 g/mol. The molecule has 2 rings (SSSR count). The van der Waals surface area contributed by atoms with Crippen LogP contribution in [0, 0.1) is 13.8 Å². The molecule has 0 aromatic heterocycles. The first-order chi connectivity index (χ1) is 9.29. The molecular weight excluding hydrogens is 317 g/mol. The Hall–Kier alpha value is -1.23. The van der Waals surface area contributed by atoms with Crippen LogP contribution < -0.4 is 4.72 Å². The number of rotatable bonds is 3. The summed E-state index contributed by atoms with van der Waals surface area (Å²) in [6.07, 6.45) is 0. The predicted octanol–water partition coefficient (Wildman–Crippen LogP) is 4.41. The molecule has 0 spiro atoms. The number of halogens is 2. The Morgan fingerprint density at radius 1 is 0.950 bits per heavy atom. The summed E-state index contributed by atoms with van der Waals surface area (Å²) in [6, 6.07) is 9.71. The summed E-state index contributed by atoms with van der Waals surface area (Å²) in [7, 11) is -3.66. The van der Waals surface area contributed by atoms with Crippen molar-refractivity contribution in [3.8, 4) is 0 Å². The van der Waals surface area contributed by atoms with E-state index in [4.69, 9.17) is 23.2 Å². The number of hydrogen-bond donors (Lipinski definition) is 1. The van der Waals surface area contributed by atoms with Gasteiger partial charge in [-0.2, -0.15) is 0 Å². The first-order valence-corrected chi connectivity index (χ1v) is 8.08. The Balaban J connectivity index is 2.38. The minimum absolute atomic E-state index is 0.187. The van der Waals surface area contributed by atoms with Gasteiger partial charge in [0.05, 0.1) is 15.6 Å². The summed E-state index contributed by atoms with van der Waals surface area (Å²) in [6.45, 7) is 3.67. The Bertz CT molecular complexity index is 741. The fourth-order valence-corrected chi connectivity index (χ4v) is 3.21. The van der Waals surface area contributed by atoms with Gasteiger partial charge in [0.15, 0.2) is 0 Å². The lowest BCUT2D eigenvalue weighted by atomic mass is 10.2. The molecule has 0 radical (unpaired) electrons. The Morgan fingerprint density at radius 3 is 2.15 bits per heavy atom. The quantitative estimate of drug-likeness (QED) is 0.906. The third-order valence-electron chi connectivity index (χ3n) is 2.82. The largest absolute Gasteiger partial charge is 0.278 e. The van der Waals surface area contributed by atoms with Crippen LogP contribution >= 0.6 is 23.2 Å². The Morgan fingerprint density at radius 2 is 1.55 bits per heavy atom. The summed E-state index contributed by atoms with van der Waals surface area (Å²) >= 11 is 11.9. The molecule has 0 bridgehead atoms. The van der Waals surface area contributed by atoms with Crippen molar-refractivity contribution in [2.45, 2.75) is 18.7 Å². The molecule has 2 aromatic carbocycles. The van der Waals surface area contributed by atoms with Crippen molar-refractivity contribution in [3.05, 3.63) is 57.6 Å². The van der Waals surface area contributed by atoms with Crippen molar-refractivity contribution in [3.63, 3.8) is 0 Å². The lowest BCUT2D eigenvalue weighted by molar-refractivity contribution is 0.601. The van der Waals surface area contributed by atoms with E-state index in [2.05, 4.69) is 4.72 Å². The van der Waals surface area contributed by atoms with Gasteiger partial charge in [-0.1, -0.05) is 40.9 Å². The van der Waals surface area contributed by atoms with Gasteiger partial charge in [-0.05, 0) is 43.7 Å². The second-order valence-electron chi connectivity index (χ2n) is 4.50. The van der Waals surface area contributed by atoms with E-state index in [-0.39, 0.29) is 9.92 Å². The zero-order valence-corrected chi connectivity index (χ0v) is 13.3. The van der Waals surface area contributed by atoms with Crippen LogP contribution in [0.3, 0.4) is 0 Å². The molecule has 1 N–H and O–H groups in total. The van der Waals surface area contributed by atoms with Gasteiger partial charge < -0.3 is 0 Å². The van der Waals surface area contributed by atoms with E-state index >= 15 is 0 Å². The topological polar surface area (TPSA) is 46.2 Å². The number of nitrogens with one attached hydrogen (secondary N) is 1. The van der Waals surface area contributed by atoms with Crippen molar-refractivity contribution in [1.29, 1.82) is 0 Å². The number of benzene rings is 2. The molecule has 106 valence electrons. The summed E-state index contributed by atoms with van der Waals surface area (Å²) in [5.41, 5.74) is 2.05. The van der Waals surface area contributed by atoms with Crippen molar-refractivity contribution in [2.75, 3.05) is 4.72 Å².